The smallest absolute Gasteiger partial charge is 0.326 e. The van der Waals surface area contributed by atoms with Gasteiger partial charge in [-0.3, -0.25) is 9.59 Å². The minimum absolute atomic E-state index is 0.00476. The molecule has 0 saturated heterocycles. The molecular formula is C27H33N3O5S2. The summed E-state index contributed by atoms with van der Waals surface area (Å²) in [5.74, 6) is -0.923. The average Bonchev–Trinajstić information content (AvgIpc) is 3.19. The van der Waals surface area contributed by atoms with Gasteiger partial charge in [0.15, 0.2) is 4.80 Å². The van der Waals surface area contributed by atoms with Gasteiger partial charge in [-0.25, -0.2) is 8.42 Å². The Morgan fingerprint density at radius 2 is 1.73 bits per heavy atom. The van der Waals surface area contributed by atoms with Crippen LogP contribution >= 0.6 is 11.3 Å². The third-order valence-electron chi connectivity index (χ3n) is 6.96. The van der Waals surface area contributed by atoms with Gasteiger partial charge in [-0.2, -0.15) is 9.30 Å². The third-order valence-corrected chi connectivity index (χ3v) is 9.92. The molecule has 0 bridgehead atoms. The van der Waals surface area contributed by atoms with Crippen LogP contribution in [-0.2, 0) is 26.1 Å². The molecule has 1 aliphatic carbocycles. The summed E-state index contributed by atoms with van der Waals surface area (Å²) >= 11 is 1.32. The second-order valence-corrected chi connectivity index (χ2v) is 12.4. The van der Waals surface area contributed by atoms with Gasteiger partial charge in [-0.1, -0.05) is 30.6 Å². The standard InChI is InChI=1S/C27H33N3O5S2/c1-5-35-25(31)17-30-23-15-18(2)19(3)16-24(23)36-27(30)28-26(32)20-11-13-22(14-12-20)37(33,34)29(4)21-9-7-6-8-10-21/h11-16,21H,5-10,17H2,1-4H3. The fraction of sp³-hybridized carbons (Fsp3) is 0.444. The first-order valence-corrected chi connectivity index (χ1v) is 14.8. The lowest BCUT2D eigenvalue weighted by Gasteiger charge is -2.30. The summed E-state index contributed by atoms with van der Waals surface area (Å²) in [6.45, 7) is 5.94. The lowest BCUT2D eigenvalue weighted by Crippen LogP contribution is -2.38. The predicted molar refractivity (Wildman–Crippen MR) is 144 cm³/mol. The molecule has 198 valence electrons. The van der Waals surface area contributed by atoms with Crippen LogP contribution in [-0.4, -0.2) is 48.9 Å². The summed E-state index contributed by atoms with van der Waals surface area (Å²) in [5.41, 5.74) is 3.24. The molecule has 1 aliphatic rings. The summed E-state index contributed by atoms with van der Waals surface area (Å²) < 4.78 is 35.5. The third kappa shape index (κ3) is 5.86. The van der Waals surface area contributed by atoms with Crippen LogP contribution in [0.15, 0.2) is 46.3 Å². The molecule has 0 spiro atoms. The van der Waals surface area contributed by atoms with Crippen molar-refractivity contribution in [1.29, 1.82) is 0 Å². The Hall–Kier alpha value is -2.82. The van der Waals surface area contributed by atoms with Crippen LogP contribution in [0.3, 0.4) is 0 Å². The molecule has 1 fully saturated rings. The van der Waals surface area contributed by atoms with Gasteiger partial charge in [-0.05, 0) is 81.1 Å². The molecule has 1 amide bonds. The molecule has 0 N–H and O–H groups in total. The van der Waals surface area contributed by atoms with E-state index in [1.165, 1.54) is 39.9 Å². The van der Waals surface area contributed by atoms with Crippen LogP contribution in [0.1, 0.15) is 60.5 Å². The normalized spacial score (nSPS) is 15.4. The van der Waals surface area contributed by atoms with Crippen molar-refractivity contribution in [3.05, 3.63) is 57.9 Å². The van der Waals surface area contributed by atoms with Gasteiger partial charge < -0.3 is 9.30 Å². The van der Waals surface area contributed by atoms with E-state index in [1.54, 1.807) is 18.5 Å². The highest BCUT2D eigenvalue weighted by atomic mass is 32.2. The Bertz CT molecular complexity index is 1480. The highest BCUT2D eigenvalue weighted by Crippen LogP contribution is 2.27. The molecule has 10 heteroatoms. The number of carbonyl (C=O) groups is 2. The van der Waals surface area contributed by atoms with Crippen molar-refractivity contribution in [2.24, 2.45) is 4.99 Å². The fourth-order valence-electron chi connectivity index (χ4n) is 4.62. The first-order valence-electron chi connectivity index (χ1n) is 12.5. The van der Waals surface area contributed by atoms with Crippen LogP contribution in [0.25, 0.3) is 10.2 Å². The summed E-state index contributed by atoms with van der Waals surface area (Å²) in [5, 5.41) is 0. The number of benzene rings is 2. The fourth-order valence-corrected chi connectivity index (χ4v) is 7.15. The van der Waals surface area contributed by atoms with Crippen molar-refractivity contribution in [3.63, 3.8) is 0 Å². The lowest BCUT2D eigenvalue weighted by atomic mass is 9.96. The van der Waals surface area contributed by atoms with Crippen molar-refractivity contribution < 1.29 is 22.7 Å². The maximum atomic E-state index is 13.1. The molecule has 1 heterocycles. The number of hydrogen-bond acceptors (Lipinski definition) is 6. The quantitative estimate of drug-likeness (QED) is 0.407. The van der Waals surface area contributed by atoms with E-state index in [4.69, 9.17) is 4.74 Å². The van der Waals surface area contributed by atoms with E-state index in [0.29, 0.717) is 4.80 Å². The molecule has 0 unspecified atom stereocenters. The van der Waals surface area contributed by atoms with Gasteiger partial charge in [0.25, 0.3) is 5.91 Å². The van der Waals surface area contributed by atoms with Crippen molar-refractivity contribution >= 4 is 43.5 Å². The number of esters is 1. The van der Waals surface area contributed by atoms with Crippen LogP contribution in [0.4, 0.5) is 0 Å². The highest BCUT2D eigenvalue weighted by Gasteiger charge is 2.29. The number of fused-ring (bicyclic) bond motifs is 1. The van der Waals surface area contributed by atoms with Crippen LogP contribution in [0.5, 0.6) is 0 Å². The Kier molecular flexibility index (Phi) is 8.30. The Morgan fingerprint density at radius 1 is 1.08 bits per heavy atom. The van der Waals surface area contributed by atoms with E-state index >= 15 is 0 Å². The molecule has 0 atom stereocenters. The number of ether oxygens (including phenoxy) is 1. The summed E-state index contributed by atoms with van der Waals surface area (Å²) in [7, 11) is -2.02. The maximum absolute atomic E-state index is 13.1. The van der Waals surface area contributed by atoms with Gasteiger partial charge in [0.2, 0.25) is 10.0 Å². The Balaban J connectivity index is 1.65. The number of aryl methyl sites for hydroxylation is 2. The van der Waals surface area contributed by atoms with Crippen molar-refractivity contribution in [2.45, 2.75) is 70.4 Å². The molecule has 37 heavy (non-hydrogen) atoms. The first kappa shape index (κ1) is 27.2. The monoisotopic (exact) mass is 543 g/mol. The van der Waals surface area contributed by atoms with Crippen LogP contribution < -0.4 is 4.80 Å². The van der Waals surface area contributed by atoms with Gasteiger partial charge >= 0.3 is 5.97 Å². The second-order valence-electron chi connectivity index (χ2n) is 9.43. The average molecular weight is 544 g/mol. The van der Waals surface area contributed by atoms with Crippen molar-refractivity contribution in [1.82, 2.24) is 8.87 Å². The number of hydrogen-bond donors (Lipinski definition) is 0. The second kappa shape index (κ2) is 11.3. The zero-order valence-corrected chi connectivity index (χ0v) is 23.3. The molecule has 0 aliphatic heterocycles. The van der Waals surface area contributed by atoms with E-state index in [2.05, 4.69) is 4.99 Å². The molecule has 1 aromatic heterocycles. The van der Waals surface area contributed by atoms with Gasteiger partial charge in [0.1, 0.15) is 6.54 Å². The molecule has 8 nitrogen and oxygen atoms in total. The van der Waals surface area contributed by atoms with E-state index in [9.17, 15) is 18.0 Å². The van der Waals surface area contributed by atoms with Crippen molar-refractivity contribution in [2.75, 3.05) is 13.7 Å². The predicted octanol–water partition coefficient (Wildman–Crippen LogP) is 4.58. The molecular weight excluding hydrogens is 510 g/mol. The Labute approximate surface area is 221 Å². The minimum Gasteiger partial charge on any atom is -0.465 e. The number of amides is 1. The topological polar surface area (TPSA) is 98.0 Å². The van der Waals surface area contributed by atoms with Crippen molar-refractivity contribution in [3.8, 4) is 0 Å². The number of aromatic nitrogens is 1. The number of rotatable bonds is 7. The summed E-state index contributed by atoms with van der Waals surface area (Å²) in [6, 6.07) is 9.90. The van der Waals surface area contributed by atoms with Gasteiger partial charge in [-0.15, -0.1) is 0 Å². The van der Waals surface area contributed by atoms with E-state index in [1.807, 2.05) is 26.0 Å². The van der Waals surface area contributed by atoms with Crippen LogP contribution in [0.2, 0.25) is 0 Å². The number of sulfonamides is 1. The maximum Gasteiger partial charge on any atom is 0.326 e. The lowest BCUT2D eigenvalue weighted by molar-refractivity contribution is -0.143. The van der Waals surface area contributed by atoms with E-state index in [-0.39, 0.29) is 29.7 Å². The number of carbonyl (C=O) groups excluding carboxylic acids is 2. The summed E-state index contributed by atoms with van der Waals surface area (Å²) in [4.78, 5) is 30.2. The zero-order valence-electron chi connectivity index (χ0n) is 21.7. The SMILES string of the molecule is CCOC(=O)Cn1c(=NC(=O)c2ccc(S(=O)(=O)N(C)C3CCCCC3)cc2)sc2cc(C)c(C)cc21. The molecule has 2 aromatic carbocycles. The van der Waals surface area contributed by atoms with E-state index in [0.717, 1.165) is 53.4 Å². The largest absolute Gasteiger partial charge is 0.465 e. The molecule has 1 saturated carbocycles. The number of nitrogens with zero attached hydrogens (tertiary/aromatic N) is 3. The zero-order chi connectivity index (χ0) is 26.7. The molecule has 4 rings (SSSR count). The van der Waals surface area contributed by atoms with Gasteiger partial charge in [0.05, 0.1) is 21.7 Å². The van der Waals surface area contributed by atoms with Crippen LogP contribution in [0, 0.1) is 13.8 Å². The summed E-state index contributed by atoms with van der Waals surface area (Å²) in [6.07, 6.45) is 4.94. The minimum atomic E-state index is -3.65. The molecule has 0 radical (unpaired) electrons. The highest BCUT2D eigenvalue weighted by molar-refractivity contribution is 7.89. The van der Waals surface area contributed by atoms with E-state index < -0.39 is 21.9 Å². The Morgan fingerprint density at radius 3 is 2.38 bits per heavy atom. The number of thiazole rings is 1. The first-order chi connectivity index (χ1) is 17.6. The van der Waals surface area contributed by atoms with Gasteiger partial charge in [0, 0.05) is 18.7 Å². The molecule has 3 aromatic rings.